The molecule has 4 nitrogen and oxygen atoms in total. The van der Waals surface area contributed by atoms with E-state index in [2.05, 4.69) is 14.8 Å². The monoisotopic (exact) mass is 405 g/mol. The summed E-state index contributed by atoms with van der Waals surface area (Å²) in [5, 5.41) is 6.49. The zero-order valence-corrected chi connectivity index (χ0v) is 16.3. The fraction of sp³-hybridized carbons (Fsp3) is 0.158. The van der Waals surface area contributed by atoms with E-state index in [9.17, 15) is 8.78 Å². The van der Waals surface area contributed by atoms with Gasteiger partial charge >= 0.3 is 6.61 Å². The van der Waals surface area contributed by atoms with Gasteiger partial charge in [-0.3, -0.25) is 4.99 Å². The summed E-state index contributed by atoms with van der Waals surface area (Å²) in [6.07, 6.45) is 3.80. The van der Waals surface area contributed by atoms with Gasteiger partial charge in [0.25, 0.3) is 0 Å². The van der Waals surface area contributed by atoms with E-state index in [0.717, 1.165) is 21.6 Å². The number of rotatable bonds is 6. The van der Waals surface area contributed by atoms with Crippen molar-refractivity contribution in [3.8, 4) is 17.0 Å². The van der Waals surface area contributed by atoms with Gasteiger partial charge in [-0.1, -0.05) is 12.1 Å². The third kappa shape index (κ3) is 4.84. The number of nitrogens with zero attached hydrogens (tertiary/aromatic N) is 3. The number of benzene rings is 2. The van der Waals surface area contributed by atoms with Crippen LogP contribution in [-0.4, -0.2) is 30.8 Å². The molecule has 0 aliphatic rings. The van der Waals surface area contributed by atoms with E-state index in [-0.39, 0.29) is 5.75 Å². The highest BCUT2D eigenvalue weighted by atomic mass is 32.2. The number of alkyl halides is 2. The SMILES string of the molecule is CN=c1scc(-c2ccc(OC(F)F)cc2)n1/N=C\c1ccc(SC)cc1. The predicted octanol–water partition coefficient (Wildman–Crippen LogP) is 4.95. The molecule has 1 aromatic heterocycles. The molecule has 0 saturated heterocycles. The van der Waals surface area contributed by atoms with Crippen LogP contribution in [0.2, 0.25) is 0 Å². The largest absolute Gasteiger partial charge is 0.435 e. The normalized spacial score (nSPS) is 12.3. The second-order valence-corrected chi connectivity index (χ2v) is 7.08. The van der Waals surface area contributed by atoms with Gasteiger partial charge in [0.15, 0.2) is 0 Å². The van der Waals surface area contributed by atoms with E-state index in [0.29, 0.717) is 0 Å². The van der Waals surface area contributed by atoms with Gasteiger partial charge in [-0.05, 0) is 48.2 Å². The van der Waals surface area contributed by atoms with Crippen LogP contribution < -0.4 is 9.54 Å². The first-order valence-electron chi connectivity index (χ1n) is 7.97. The summed E-state index contributed by atoms with van der Waals surface area (Å²) in [6, 6.07) is 14.5. The molecule has 2 aromatic carbocycles. The van der Waals surface area contributed by atoms with Crippen molar-refractivity contribution in [1.82, 2.24) is 4.68 Å². The number of halogens is 2. The first kappa shape index (κ1) is 19.3. The van der Waals surface area contributed by atoms with Crippen molar-refractivity contribution < 1.29 is 13.5 Å². The quantitative estimate of drug-likeness (QED) is 0.430. The molecule has 0 unspecified atom stereocenters. The summed E-state index contributed by atoms with van der Waals surface area (Å²) in [5.74, 6) is 0.119. The van der Waals surface area contributed by atoms with Crippen molar-refractivity contribution >= 4 is 29.3 Å². The van der Waals surface area contributed by atoms with Crippen molar-refractivity contribution in [3.05, 3.63) is 64.3 Å². The number of aromatic nitrogens is 1. The van der Waals surface area contributed by atoms with E-state index in [1.807, 2.05) is 35.9 Å². The number of hydrogen-bond donors (Lipinski definition) is 0. The molecule has 1 heterocycles. The molecule has 3 aromatic rings. The Balaban J connectivity index is 1.91. The Morgan fingerprint density at radius 3 is 2.41 bits per heavy atom. The molecule has 0 atom stereocenters. The number of thiazole rings is 1. The second kappa shape index (κ2) is 8.96. The Hall–Kier alpha value is -2.45. The van der Waals surface area contributed by atoms with Gasteiger partial charge < -0.3 is 4.74 Å². The zero-order valence-electron chi connectivity index (χ0n) is 14.7. The molecule has 140 valence electrons. The number of ether oxygens (including phenoxy) is 1. The van der Waals surface area contributed by atoms with Gasteiger partial charge in [-0.15, -0.1) is 23.1 Å². The minimum absolute atomic E-state index is 0.119. The average Bonchev–Trinajstić information content (AvgIpc) is 3.10. The van der Waals surface area contributed by atoms with Gasteiger partial charge in [0.2, 0.25) is 4.80 Å². The standard InChI is InChI=1S/C19H17F2N3OS2/c1-22-19-24(23-11-13-3-9-16(26-2)10-4-13)17(12-27-19)14-5-7-15(8-6-14)25-18(20)21/h3-12,18H,1-2H3/b22-19?,23-11-. The first-order valence-corrected chi connectivity index (χ1v) is 10.1. The summed E-state index contributed by atoms with van der Waals surface area (Å²) in [6.45, 7) is -2.84. The van der Waals surface area contributed by atoms with Crippen molar-refractivity contribution in [1.29, 1.82) is 0 Å². The Bertz CT molecular complexity index is 977. The average molecular weight is 405 g/mol. The molecule has 0 N–H and O–H groups in total. The molecule has 27 heavy (non-hydrogen) atoms. The lowest BCUT2D eigenvalue weighted by atomic mass is 10.2. The van der Waals surface area contributed by atoms with Gasteiger partial charge in [-0.2, -0.15) is 13.9 Å². The maximum Gasteiger partial charge on any atom is 0.387 e. The maximum atomic E-state index is 12.3. The Kier molecular flexibility index (Phi) is 6.41. The molecule has 8 heteroatoms. The van der Waals surface area contributed by atoms with Gasteiger partial charge in [0.1, 0.15) is 5.75 Å². The van der Waals surface area contributed by atoms with Crippen LogP contribution in [0.4, 0.5) is 8.78 Å². The first-order chi connectivity index (χ1) is 13.1. The smallest absolute Gasteiger partial charge is 0.387 e. The molecule has 0 bridgehead atoms. The van der Waals surface area contributed by atoms with Crippen molar-refractivity contribution in [2.24, 2.45) is 10.1 Å². The van der Waals surface area contributed by atoms with Crippen LogP contribution in [0.1, 0.15) is 5.56 Å². The van der Waals surface area contributed by atoms with Crippen LogP contribution in [0.3, 0.4) is 0 Å². The summed E-state index contributed by atoms with van der Waals surface area (Å²) in [4.78, 5) is 6.17. The van der Waals surface area contributed by atoms with E-state index >= 15 is 0 Å². The summed E-state index contributed by atoms with van der Waals surface area (Å²) >= 11 is 3.14. The Morgan fingerprint density at radius 2 is 1.81 bits per heavy atom. The summed E-state index contributed by atoms with van der Waals surface area (Å²) < 4.78 is 30.7. The van der Waals surface area contributed by atoms with Crippen LogP contribution in [0, 0.1) is 0 Å². The molecule has 3 rings (SSSR count). The summed E-state index contributed by atoms with van der Waals surface area (Å²) in [5.41, 5.74) is 2.62. The highest BCUT2D eigenvalue weighted by molar-refractivity contribution is 7.98. The lowest BCUT2D eigenvalue weighted by Gasteiger charge is -2.06. The fourth-order valence-corrected chi connectivity index (χ4v) is 3.59. The minimum Gasteiger partial charge on any atom is -0.435 e. The van der Waals surface area contributed by atoms with Crippen molar-refractivity contribution in [2.45, 2.75) is 11.5 Å². The highest BCUT2D eigenvalue weighted by Gasteiger charge is 2.09. The molecule has 0 aliphatic heterocycles. The van der Waals surface area contributed by atoms with Crippen molar-refractivity contribution in [2.75, 3.05) is 13.3 Å². The minimum atomic E-state index is -2.84. The molecule has 0 amide bonds. The summed E-state index contributed by atoms with van der Waals surface area (Å²) in [7, 11) is 1.70. The third-order valence-corrected chi connectivity index (χ3v) is 5.34. The molecular weight excluding hydrogens is 388 g/mol. The molecular formula is C19H17F2N3OS2. The molecule has 0 spiro atoms. The van der Waals surface area contributed by atoms with Crippen LogP contribution in [0.25, 0.3) is 11.3 Å². The van der Waals surface area contributed by atoms with E-state index < -0.39 is 6.61 Å². The Morgan fingerprint density at radius 1 is 1.11 bits per heavy atom. The second-order valence-electron chi connectivity index (χ2n) is 5.36. The molecule has 0 radical (unpaired) electrons. The van der Waals surface area contributed by atoms with Crippen LogP contribution in [0.15, 0.2) is 68.9 Å². The van der Waals surface area contributed by atoms with Gasteiger partial charge in [0, 0.05) is 22.9 Å². The lowest BCUT2D eigenvalue weighted by Crippen LogP contribution is -2.11. The highest BCUT2D eigenvalue weighted by Crippen LogP contribution is 2.24. The predicted molar refractivity (Wildman–Crippen MR) is 107 cm³/mol. The van der Waals surface area contributed by atoms with Crippen LogP contribution in [0.5, 0.6) is 5.75 Å². The van der Waals surface area contributed by atoms with Gasteiger partial charge in [0.05, 0.1) is 11.9 Å². The fourth-order valence-electron chi connectivity index (χ4n) is 2.38. The van der Waals surface area contributed by atoms with Crippen molar-refractivity contribution in [3.63, 3.8) is 0 Å². The third-order valence-electron chi connectivity index (χ3n) is 3.69. The molecule has 0 aliphatic carbocycles. The van der Waals surface area contributed by atoms with E-state index in [1.165, 1.54) is 28.4 Å². The van der Waals surface area contributed by atoms with Gasteiger partial charge in [-0.25, -0.2) is 4.68 Å². The number of thioether (sulfide) groups is 1. The topological polar surface area (TPSA) is 38.9 Å². The van der Waals surface area contributed by atoms with Crippen LogP contribution in [-0.2, 0) is 0 Å². The molecule has 0 saturated carbocycles. The van der Waals surface area contributed by atoms with E-state index in [1.54, 1.807) is 41.8 Å². The maximum absolute atomic E-state index is 12.3. The lowest BCUT2D eigenvalue weighted by molar-refractivity contribution is -0.0498. The molecule has 0 fully saturated rings. The Labute approximate surface area is 163 Å². The zero-order chi connectivity index (χ0) is 19.2. The van der Waals surface area contributed by atoms with Crippen LogP contribution >= 0.6 is 23.1 Å². The number of hydrogen-bond acceptors (Lipinski definition) is 5. The van der Waals surface area contributed by atoms with E-state index in [4.69, 9.17) is 0 Å².